The fourth-order valence-corrected chi connectivity index (χ4v) is 3.80. The van der Waals surface area contributed by atoms with Crippen molar-refractivity contribution in [1.29, 1.82) is 0 Å². The van der Waals surface area contributed by atoms with Crippen LogP contribution in [-0.2, 0) is 11.8 Å². The zero-order chi connectivity index (χ0) is 14.8. The largest absolute Gasteiger partial charge is 0.343 e. The van der Waals surface area contributed by atoms with E-state index < -0.39 is 0 Å². The van der Waals surface area contributed by atoms with Crippen LogP contribution in [0.1, 0.15) is 44.2 Å². The summed E-state index contributed by atoms with van der Waals surface area (Å²) in [7, 11) is 1.99. The summed E-state index contributed by atoms with van der Waals surface area (Å²) in [6.45, 7) is 5.92. The van der Waals surface area contributed by atoms with Crippen molar-refractivity contribution in [1.82, 2.24) is 19.6 Å². The van der Waals surface area contributed by atoms with Crippen LogP contribution in [0, 0.1) is 5.92 Å². The van der Waals surface area contributed by atoms with Gasteiger partial charge < -0.3 is 4.90 Å². The van der Waals surface area contributed by atoms with Crippen molar-refractivity contribution in [3.63, 3.8) is 0 Å². The van der Waals surface area contributed by atoms with Crippen LogP contribution in [0.4, 0.5) is 0 Å². The molecule has 3 rings (SSSR count). The van der Waals surface area contributed by atoms with Gasteiger partial charge in [-0.15, -0.1) is 0 Å². The third-order valence-corrected chi connectivity index (χ3v) is 5.03. The Bertz CT molecular complexity index is 490. The van der Waals surface area contributed by atoms with Crippen LogP contribution in [0.2, 0.25) is 0 Å². The summed E-state index contributed by atoms with van der Waals surface area (Å²) >= 11 is 0. The highest BCUT2D eigenvalue weighted by Crippen LogP contribution is 2.33. The van der Waals surface area contributed by atoms with Crippen molar-refractivity contribution in [2.45, 2.75) is 38.6 Å². The number of nitrogens with zero attached hydrogens (tertiary/aromatic N) is 4. The minimum absolute atomic E-state index is 0.225. The maximum absolute atomic E-state index is 11.4. The van der Waals surface area contributed by atoms with E-state index in [-0.39, 0.29) is 5.91 Å². The second kappa shape index (κ2) is 6.18. The normalized spacial score (nSPS) is 24.7. The Morgan fingerprint density at radius 3 is 2.67 bits per heavy atom. The Hall–Kier alpha value is -1.36. The quantitative estimate of drug-likeness (QED) is 0.852. The van der Waals surface area contributed by atoms with E-state index in [1.165, 1.54) is 31.5 Å². The molecule has 1 atom stereocenters. The molecule has 21 heavy (non-hydrogen) atoms. The van der Waals surface area contributed by atoms with Gasteiger partial charge in [0.05, 0.1) is 6.20 Å². The van der Waals surface area contributed by atoms with E-state index >= 15 is 0 Å². The summed E-state index contributed by atoms with van der Waals surface area (Å²) < 4.78 is 1.90. The summed E-state index contributed by atoms with van der Waals surface area (Å²) in [5, 5.41) is 4.32. The molecule has 0 unspecified atom stereocenters. The fraction of sp³-hybridized carbons (Fsp3) is 0.750. The first-order chi connectivity index (χ1) is 10.1. The summed E-state index contributed by atoms with van der Waals surface area (Å²) in [5.41, 5.74) is 1.36. The van der Waals surface area contributed by atoms with Gasteiger partial charge in [-0.05, 0) is 38.1 Å². The highest BCUT2D eigenvalue weighted by atomic mass is 16.2. The summed E-state index contributed by atoms with van der Waals surface area (Å²) in [6.07, 6.45) is 9.00. The molecule has 1 aromatic rings. The molecule has 0 bridgehead atoms. The number of amides is 1. The van der Waals surface area contributed by atoms with Crippen molar-refractivity contribution in [3.05, 3.63) is 18.0 Å². The zero-order valence-electron chi connectivity index (χ0n) is 13.2. The van der Waals surface area contributed by atoms with Crippen LogP contribution < -0.4 is 0 Å². The highest BCUT2D eigenvalue weighted by Gasteiger charge is 2.30. The van der Waals surface area contributed by atoms with Crippen LogP contribution in [0.25, 0.3) is 0 Å². The van der Waals surface area contributed by atoms with Crippen LogP contribution in [0.5, 0.6) is 0 Å². The molecular weight excluding hydrogens is 264 g/mol. The third kappa shape index (κ3) is 3.28. The lowest BCUT2D eigenvalue weighted by Gasteiger charge is -2.35. The van der Waals surface area contributed by atoms with Gasteiger partial charge in [-0.1, -0.05) is 0 Å². The van der Waals surface area contributed by atoms with E-state index in [0.717, 1.165) is 31.8 Å². The number of aromatic nitrogens is 2. The van der Waals surface area contributed by atoms with Gasteiger partial charge in [-0.2, -0.15) is 5.10 Å². The molecule has 5 heteroatoms. The maximum Gasteiger partial charge on any atom is 0.219 e. The molecule has 2 aliphatic heterocycles. The number of aryl methyl sites for hydroxylation is 1. The molecule has 5 nitrogen and oxygen atoms in total. The third-order valence-electron chi connectivity index (χ3n) is 5.03. The lowest BCUT2D eigenvalue weighted by atomic mass is 9.95. The van der Waals surface area contributed by atoms with E-state index in [1.807, 2.05) is 22.8 Å². The Morgan fingerprint density at radius 2 is 2.05 bits per heavy atom. The Balaban J connectivity index is 1.56. The molecule has 1 aromatic heterocycles. The molecule has 116 valence electrons. The predicted octanol–water partition coefficient (Wildman–Crippen LogP) is 1.82. The topological polar surface area (TPSA) is 41.4 Å². The second-order valence-corrected chi connectivity index (χ2v) is 6.55. The van der Waals surface area contributed by atoms with Gasteiger partial charge in [0.15, 0.2) is 0 Å². The monoisotopic (exact) mass is 290 g/mol. The summed E-state index contributed by atoms with van der Waals surface area (Å²) in [4.78, 5) is 16.0. The SMILES string of the molecule is CC(=O)N1CCC(CN2CCC[C@H]2c2cnn(C)c2)CC1. The molecule has 3 heterocycles. The Labute approximate surface area is 126 Å². The smallest absolute Gasteiger partial charge is 0.219 e. The Kier molecular flexibility index (Phi) is 4.29. The number of likely N-dealkylation sites (tertiary alicyclic amines) is 2. The van der Waals surface area contributed by atoms with Crippen LogP contribution in [0.3, 0.4) is 0 Å². The molecule has 0 aromatic carbocycles. The first kappa shape index (κ1) is 14.6. The average molecular weight is 290 g/mol. The second-order valence-electron chi connectivity index (χ2n) is 6.55. The lowest BCUT2D eigenvalue weighted by Crippen LogP contribution is -2.40. The maximum atomic E-state index is 11.4. The molecule has 0 N–H and O–H groups in total. The molecule has 0 aliphatic carbocycles. The minimum Gasteiger partial charge on any atom is -0.343 e. The van der Waals surface area contributed by atoms with Gasteiger partial charge in [0, 0.05) is 51.4 Å². The number of hydrogen-bond acceptors (Lipinski definition) is 3. The number of hydrogen-bond donors (Lipinski definition) is 0. The minimum atomic E-state index is 0.225. The Morgan fingerprint density at radius 1 is 1.29 bits per heavy atom. The first-order valence-corrected chi connectivity index (χ1v) is 8.11. The van der Waals surface area contributed by atoms with Gasteiger partial charge in [-0.25, -0.2) is 0 Å². The van der Waals surface area contributed by atoms with Crippen LogP contribution in [0.15, 0.2) is 12.4 Å². The van der Waals surface area contributed by atoms with E-state index in [2.05, 4.69) is 16.2 Å². The fourth-order valence-electron chi connectivity index (χ4n) is 3.80. The zero-order valence-corrected chi connectivity index (χ0v) is 13.2. The molecule has 0 spiro atoms. The van der Waals surface area contributed by atoms with E-state index in [9.17, 15) is 4.79 Å². The highest BCUT2D eigenvalue weighted by molar-refractivity contribution is 5.73. The number of rotatable bonds is 3. The van der Waals surface area contributed by atoms with Crippen molar-refractivity contribution in [3.8, 4) is 0 Å². The van der Waals surface area contributed by atoms with Crippen molar-refractivity contribution in [2.24, 2.45) is 13.0 Å². The lowest BCUT2D eigenvalue weighted by molar-refractivity contribution is -0.130. The van der Waals surface area contributed by atoms with Crippen molar-refractivity contribution in [2.75, 3.05) is 26.2 Å². The van der Waals surface area contributed by atoms with E-state index in [4.69, 9.17) is 0 Å². The number of carbonyl (C=O) groups excluding carboxylic acids is 1. The standard InChI is InChI=1S/C16H26N4O/c1-13(21)19-8-5-14(6-9-19)11-20-7-3-4-16(20)15-10-17-18(2)12-15/h10,12,14,16H,3-9,11H2,1-2H3/t16-/m0/s1. The molecule has 2 fully saturated rings. The first-order valence-electron chi connectivity index (χ1n) is 8.11. The van der Waals surface area contributed by atoms with Crippen LogP contribution >= 0.6 is 0 Å². The van der Waals surface area contributed by atoms with E-state index in [0.29, 0.717) is 6.04 Å². The van der Waals surface area contributed by atoms with E-state index in [1.54, 1.807) is 6.92 Å². The molecule has 0 radical (unpaired) electrons. The summed E-state index contributed by atoms with van der Waals surface area (Å²) in [6, 6.07) is 0.546. The molecular formula is C16H26N4O. The molecule has 2 saturated heterocycles. The molecule has 1 amide bonds. The van der Waals surface area contributed by atoms with Gasteiger partial charge in [-0.3, -0.25) is 14.4 Å². The number of carbonyl (C=O) groups is 1. The van der Waals surface area contributed by atoms with Crippen LogP contribution in [-0.4, -0.2) is 51.7 Å². The molecule has 2 aliphatic rings. The average Bonchev–Trinajstić information content (AvgIpc) is 3.08. The van der Waals surface area contributed by atoms with Gasteiger partial charge >= 0.3 is 0 Å². The van der Waals surface area contributed by atoms with Gasteiger partial charge in [0.1, 0.15) is 0 Å². The number of piperidine rings is 1. The van der Waals surface area contributed by atoms with Crippen molar-refractivity contribution >= 4 is 5.91 Å². The van der Waals surface area contributed by atoms with Gasteiger partial charge in [0.25, 0.3) is 0 Å². The van der Waals surface area contributed by atoms with Gasteiger partial charge in [0.2, 0.25) is 5.91 Å². The predicted molar refractivity (Wildman–Crippen MR) is 81.7 cm³/mol. The van der Waals surface area contributed by atoms with Crippen molar-refractivity contribution < 1.29 is 4.79 Å². The molecule has 0 saturated carbocycles. The summed E-state index contributed by atoms with van der Waals surface area (Å²) in [5.74, 6) is 0.959.